The topological polar surface area (TPSA) is 48.9 Å². The third-order valence-corrected chi connectivity index (χ3v) is 4.90. The molecule has 3 aliphatic rings. The molecule has 20 heavy (non-hydrogen) atoms. The van der Waals surface area contributed by atoms with Crippen LogP contribution in [0.4, 0.5) is 0 Å². The third-order valence-electron chi connectivity index (χ3n) is 4.90. The largest absolute Gasteiger partial charge is 0.373 e. The monoisotopic (exact) mass is 280 g/mol. The van der Waals surface area contributed by atoms with Gasteiger partial charge in [-0.2, -0.15) is 0 Å². The molecule has 3 saturated heterocycles. The molecule has 0 aromatic heterocycles. The SMILES string of the molecule is CCNC(=NCC1CCCN1C)NC1CC2CCC1O2. The van der Waals surface area contributed by atoms with Crippen molar-refractivity contribution in [3.8, 4) is 0 Å². The molecule has 3 fully saturated rings. The van der Waals surface area contributed by atoms with Gasteiger partial charge in [-0.05, 0) is 52.6 Å². The minimum absolute atomic E-state index is 0.401. The first-order chi connectivity index (χ1) is 9.76. The summed E-state index contributed by atoms with van der Waals surface area (Å²) in [6.45, 7) is 5.14. The summed E-state index contributed by atoms with van der Waals surface area (Å²) >= 11 is 0. The maximum atomic E-state index is 5.91. The van der Waals surface area contributed by atoms with Crippen molar-refractivity contribution in [2.24, 2.45) is 4.99 Å². The Hall–Kier alpha value is -0.810. The maximum Gasteiger partial charge on any atom is 0.191 e. The van der Waals surface area contributed by atoms with E-state index in [9.17, 15) is 0 Å². The van der Waals surface area contributed by atoms with Gasteiger partial charge in [-0.3, -0.25) is 4.99 Å². The van der Waals surface area contributed by atoms with E-state index in [4.69, 9.17) is 9.73 Å². The number of nitrogens with zero attached hydrogens (tertiary/aromatic N) is 2. The molecule has 0 aliphatic carbocycles. The van der Waals surface area contributed by atoms with Gasteiger partial charge in [0.1, 0.15) is 0 Å². The molecule has 0 aromatic rings. The molecule has 114 valence electrons. The normalized spacial score (nSPS) is 37.6. The second-order valence-electron chi connectivity index (χ2n) is 6.36. The van der Waals surface area contributed by atoms with Crippen molar-refractivity contribution in [3.63, 3.8) is 0 Å². The van der Waals surface area contributed by atoms with Gasteiger partial charge in [-0.1, -0.05) is 0 Å². The highest BCUT2D eigenvalue weighted by Crippen LogP contribution is 2.34. The molecule has 3 rings (SSSR count). The number of hydrogen-bond donors (Lipinski definition) is 2. The summed E-state index contributed by atoms with van der Waals surface area (Å²) < 4.78 is 5.91. The summed E-state index contributed by atoms with van der Waals surface area (Å²) in [6.07, 6.45) is 7.05. The fourth-order valence-electron chi connectivity index (χ4n) is 3.69. The molecule has 3 aliphatic heterocycles. The minimum atomic E-state index is 0.401. The van der Waals surface area contributed by atoms with Crippen molar-refractivity contribution in [3.05, 3.63) is 0 Å². The Balaban J connectivity index is 1.54. The molecule has 4 unspecified atom stereocenters. The predicted molar refractivity (Wildman–Crippen MR) is 81.1 cm³/mol. The molecule has 0 amide bonds. The second-order valence-corrected chi connectivity index (χ2v) is 6.36. The van der Waals surface area contributed by atoms with Gasteiger partial charge in [0, 0.05) is 12.6 Å². The lowest BCUT2D eigenvalue weighted by Gasteiger charge is -2.23. The first-order valence-electron chi connectivity index (χ1n) is 8.17. The lowest BCUT2D eigenvalue weighted by molar-refractivity contribution is 0.0992. The number of rotatable bonds is 4. The Morgan fingerprint density at radius 3 is 2.85 bits per heavy atom. The van der Waals surface area contributed by atoms with Gasteiger partial charge in [-0.15, -0.1) is 0 Å². The molecule has 0 aromatic carbocycles. The first kappa shape index (κ1) is 14.1. The molecule has 4 atom stereocenters. The number of ether oxygens (including phenoxy) is 1. The van der Waals surface area contributed by atoms with Crippen LogP contribution in [-0.4, -0.2) is 61.8 Å². The standard InChI is InChI=1S/C15H28N4O/c1-3-16-15(17-10-11-5-4-8-19(11)2)18-13-9-12-6-7-14(13)20-12/h11-14H,3-10H2,1-2H3,(H2,16,17,18). The Kier molecular flexibility index (Phi) is 4.46. The lowest BCUT2D eigenvalue weighted by Crippen LogP contribution is -2.47. The molecule has 0 saturated carbocycles. The molecule has 5 nitrogen and oxygen atoms in total. The van der Waals surface area contributed by atoms with E-state index in [1.807, 2.05) is 0 Å². The van der Waals surface area contributed by atoms with E-state index < -0.39 is 0 Å². The molecule has 0 radical (unpaired) electrons. The number of aliphatic imine (C=N–C) groups is 1. The van der Waals surface area contributed by atoms with E-state index in [1.165, 1.54) is 32.2 Å². The lowest BCUT2D eigenvalue weighted by atomic mass is 9.96. The van der Waals surface area contributed by atoms with Crippen LogP contribution in [0.25, 0.3) is 0 Å². The second kappa shape index (κ2) is 6.31. The van der Waals surface area contributed by atoms with Crippen LogP contribution in [0.3, 0.4) is 0 Å². The van der Waals surface area contributed by atoms with Crippen molar-refractivity contribution in [2.75, 3.05) is 26.7 Å². The molecular formula is C15H28N4O. The Bertz CT molecular complexity index is 360. The zero-order valence-corrected chi connectivity index (χ0v) is 12.8. The summed E-state index contributed by atoms with van der Waals surface area (Å²) in [7, 11) is 2.21. The van der Waals surface area contributed by atoms with Gasteiger partial charge in [-0.25, -0.2) is 0 Å². The molecule has 5 heteroatoms. The van der Waals surface area contributed by atoms with Crippen molar-refractivity contribution in [1.29, 1.82) is 0 Å². The predicted octanol–water partition coefficient (Wildman–Crippen LogP) is 0.956. The van der Waals surface area contributed by atoms with Gasteiger partial charge >= 0.3 is 0 Å². The van der Waals surface area contributed by atoms with E-state index in [0.29, 0.717) is 24.3 Å². The van der Waals surface area contributed by atoms with Crippen molar-refractivity contribution >= 4 is 5.96 Å². The number of likely N-dealkylation sites (N-methyl/N-ethyl adjacent to an activating group) is 1. The van der Waals surface area contributed by atoms with Crippen LogP contribution in [0.5, 0.6) is 0 Å². The van der Waals surface area contributed by atoms with E-state index in [1.54, 1.807) is 0 Å². The zero-order valence-electron chi connectivity index (χ0n) is 12.8. The fourth-order valence-corrected chi connectivity index (χ4v) is 3.69. The minimum Gasteiger partial charge on any atom is -0.373 e. The van der Waals surface area contributed by atoms with E-state index in [2.05, 4.69) is 29.5 Å². The van der Waals surface area contributed by atoms with Crippen molar-refractivity contribution in [2.45, 2.75) is 63.3 Å². The van der Waals surface area contributed by atoms with Crippen LogP contribution < -0.4 is 10.6 Å². The van der Waals surface area contributed by atoms with Gasteiger partial charge in [0.05, 0.1) is 24.8 Å². The summed E-state index contributed by atoms with van der Waals surface area (Å²) in [5.74, 6) is 0.967. The average molecular weight is 280 g/mol. The summed E-state index contributed by atoms with van der Waals surface area (Å²) in [4.78, 5) is 7.21. The van der Waals surface area contributed by atoms with Gasteiger partial charge < -0.3 is 20.3 Å². The summed E-state index contributed by atoms with van der Waals surface area (Å²) in [5.41, 5.74) is 0. The Morgan fingerprint density at radius 1 is 1.35 bits per heavy atom. The summed E-state index contributed by atoms with van der Waals surface area (Å²) in [5, 5.41) is 6.96. The van der Waals surface area contributed by atoms with E-state index in [-0.39, 0.29) is 0 Å². The molecule has 0 spiro atoms. The Morgan fingerprint density at radius 2 is 2.25 bits per heavy atom. The first-order valence-corrected chi connectivity index (χ1v) is 8.17. The number of likely N-dealkylation sites (tertiary alicyclic amines) is 1. The third kappa shape index (κ3) is 3.09. The quantitative estimate of drug-likeness (QED) is 0.595. The molecule has 2 bridgehead atoms. The van der Waals surface area contributed by atoms with Gasteiger partial charge in [0.15, 0.2) is 5.96 Å². The van der Waals surface area contributed by atoms with Crippen LogP contribution >= 0.6 is 0 Å². The molecule has 3 heterocycles. The fraction of sp³-hybridized carbons (Fsp3) is 0.933. The average Bonchev–Trinajstić information content (AvgIpc) is 3.13. The molecular weight excluding hydrogens is 252 g/mol. The van der Waals surface area contributed by atoms with Gasteiger partial charge in [0.2, 0.25) is 0 Å². The van der Waals surface area contributed by atoms with Crippen LogP contribution in [0.15, 0.2) is 4.99 Å². The zero-order chi connectivity index (χ0) is 13.9. The highest BCUT2D eigenvalue weighted by atomic mass is 16.5. The number of guanidine groups is 1. The number of hydrogen-bond acceptors (Lipinski definition) is 3. The number of nitrogens with one attached hydrogen (secondary N) is 2. The Labute approximate surface area is 122 Å². The van der Waals surface area contributed by atoms with Crippen molar-refractivity contribution in [1.82, 2.24) is 15.5 Å². The van der Waals surface area contributed by atoms with E-state index in [0.717, 1.165) is 25.5 Å². The highest BCUT2D eigenvalue weighted by molar-refractivity contribution is 5.80. The number of fused-ring (bicyclic) bond motifs is 2. The summed E-state index contributed by atoms with van der Waals surface area (Å²) in [6, 6.07) is 1.06. The molecule has 2 N–H and O–H groups in total. The maximum absolute atomic E-state index is 5.91. The van der Waals surface area contributed by atoms with Crippen LogP contribution in [0.1, 0.15) is 39.0 Å². The van der Waals surface area contributed by atoms with Crippen LogP contribution in [0, 0.1) is 0 Å². The van der Waals surface area contributed by atoms with Crippen molar-refractivity contribution < 1.29 is 4.74 Å². The smallest absolute Gasteiger partial charge is 0.191 e. The van der Waals surface area contributed by atoms with Crippen LogP contribution in [0.2, 0.25) is 0 Å². The van der Waals surface area contributed by atoms with Gasteiger partial charge in [0.25, 0.3) is 0 Å². The van der Waals surface area contributed by atoms with E-state index >= 15 is 0 Å². The highest BCUT2D eigenvalue weighted by Gasteiger charge is 2.41. The van der Waals surface area contributed by atoms with Crippen LogP contribution in [-0.2, 0) is 4.74 Å².